The van der Waals surface area contributed by atoms with Crippen molar-refractivity contribution in [1.82, 2.24) is 5.06 Å². The topological polar surface area (TPSA) is 115 Å². The number of aliphatic carboxylic acids is 2. The molecule has 1 atom stereocenters. The molecule has 108 valence electrons. The van der Waals surface area contributed by atoms with Crippen LogP contribution < -0.4 is 0 Å². The number of carboxylic acids is 2. The fraction of sp³-hybridized carbons (Fsp3) is 0.308. The highest BCUT2D eigenvalue weighted by molar-refractivity contribution is 5.96. The fourth-order valence-electron chi connectivity index (χ4n) is 1.58. The van der Waals surface area contributed by atoms with Crippen molar-refractivity contribution < 1.29 is 29.8 Å². The van der Waals surface area contributed by atoms with E-state index in [1.807, 2.05) is 0 Å². The number of hydrogen-bond donors (Lipinski definition) is 3. The molecular formula is C13H15NO6. The molecule has 0 fully saturated rings. The van der Waals surface area contributed by atoms with E-state index in [9.17, 15) is 19.6 Å². The Balaban J connectivity index is 2.99. The molecule has 0 aromatic heterocycles. The number of carboxylic acid groups (broad SMARTS) is 2. The summed E-state index contributed by atoms with van der Waals surface area (Å²) in [5, 5.41) is 27.7. The van der Waals surface area contributed by atoms with E-state index in [2.05, 4.69) is 0 Å². The molecule has 3 N–H and O–H groups in total. The predicted octanol–water partition coefficient (Wildman–Crippen LogP) is 1.23. The van der Waals surface area contributed by atoms with E-state index in [-0.39, 0.29) is 10.6 Å². The van der Waals surface area contributed by atoms with Crippen LogP contribution in [0.2, 0.25) is 0 Å². The molecule has 1 aromatic rings. The van der Waals surface area contributed by atoms with Gasteiger partial charge in [0.15, 0.2) is 5.54 Å². The van der Waals surface area contributed by atoms with Gasteiger partial charge in [0.25, 0.3) is 5.91 Å². The summed E-state index contributed by atoms with van der Waals surface area (Å²) in [5.74, 6) is -3.59. The standard InChI is InChI=1S/C13H15NO6/c1-13(12(18)19,8-7-10(15)16)14(20)11(17)9-5-3-2-4-6-9/h2-6,20H,7-8H2,1H3,(H,15,16)(H,18,19). The molecule has 1 amide bonds. The van der Waals surface area contributed by atoms with E-state index in [1.165, 1.54) is 12.1 Å². The highest BCUT2D eigenvalue weighted by Crippen LogP contribution is 2.22. The fourth-order valence-corrected chi connectivity index (χ4v) is 1.58. The summed E-state index contributed by atoms with van der Waals surface area (Å²) < 4.78 is 0. The quantitative estimate of drug-likeness (QED) is 0.533. The lowest BCUT2D eigenvalue weighted by atomic mass is 9.94. The van der Waals surface area contributed by atoms with Crippen molar-refractivity contribution in [2.24, 2.45) is 0 Å². The Morgan fingerprint density at radius 3 is 2.15 bits per heavy atom. The van der Waals surface area contributed by atoms with Gasteiger partial charge in [-0.1, -0.05) is 18.2 Å². The Labute approximate surface area is 115 Å². The number of benzene rings is 1. The number of carbonyl (C=O) groups is 3. The maximum Gasteiger partial charge on any atom is 0.331 e. The first-order valence-corrected chi connectivity index (χ1v) is 5.82. The first kappa shape index (κ1) is 15.6. The van der Waals surface area contributed by atoms with Gasteiger partial charge in [-0.2, -0.15) is 0 Å². The van der Waals surface area contributed by atoms with Crippen molar-refractivity contribution in [2.75, 3.05) is 0 Å². The average Bonchev–Trinajstić information content (AvgIpc) is 2.43. The third-order valence-electron chi connectivity index (χ3n) is 2.97. The molecule has 0 saturated heterocycles. The highest BCUT2D eigenvalue weighted by Gasteiger charge is 2.42. The summed E-state index contributed by atoms with van der Waals surface area (Å²) in [6.07, 6.45) is -0.894. The zero-order valence-corrected chi connectivity index (χ0v) is 10.8. The third kappa shape index (κ3) is 3.33. The second-order valence-corrected chi connectivity index (χ2v) is 4.46. The minimum Gasteiger partial charge on any atom is -0.481 e. The lowest BCUT2D eigenvalue weighted by Crippen LogP contribution is -2.53. The number of rotatable bonds is 6. The van der Waals surface area contributed by atoms with E-state index in [0.29, 0.717) is 0 Å². The number of carbonyl (C=O) groups excluding carboxylic acids is 1. The van der Waals surface area contributed by atoms with Gasteiger partial charge in [-0.05, 0) is 25.5 Å². The van der Waals surface area contributed by atoms with E-state index in [0.717, 1.165) is 6.92 Å². The van der Waals surface area contributed by atoms with Crippen LogP contribution >= 0.6 is 0 Å². The zero-order chi connectivity index (χ0) is 15.3. The number of amides is 1. The highest BCUT2D eigenvalue weighted by atomic mass is 16.5. The van der Waals surface area contributed by atoms with Crippen molar-refractivity contribution in [1.29, 1.82) is 0 Å². The van der Waals surface area contributed by atoms with Gasteiger partial charge in [-0.25, -0.2) is 9.86 Å². The minimum absolute atomic E-state index is 0.0770. The van der Waals surface area contributed by atoms with Crippen molar-refractivity contribution in [2.45, 2.75) is 25.3 Å². The van der Waals surface area contributed by atoms with Crippen LogP contribution in [0.4, 0.5) is 0 Å². The zero-order valence-electron chi connectivity index (χ0n) is 10.8. The summed E-state index contributed by atoms with van der Waals surface area (Å²) >= 11 is 0. The SMILES string of the molecule is CC(CCC(=O)O)(C(=O)O)N(O)C(=O)c1ccccc1. The molecule has 1 rings (SSSR count). The van der Waals surface area contributed by atoms with Crippen LogP contribution in [0, 0.1) is 0 Å². The molecule has 1 unspecified atom stereocenters. The van der Waals surface area contributed by atoms with Crippen LogP contribution in [-0.2, 0) is 9.59 Å². The van der Waals surface area contributed by atoms with Crippen LogP contribution in [0.15, 0.2) is 30.3 Å². The summed E-state index contributed by atoms with van der Waals surface area (Å²) in [7, 11) is 0. The van der Waals surface area contributed by atoms with Gasteiger partial charge in [-0.15, -0.1) is 0 Å². The second kappa shape index (κ2) is 6.16. The maximum absolute atomic E-state index is 12.0. The summed E-state index contributed by atoms with van der Waals surface area (Å²) in [4.78, 5) is 33.8. The monoisotopic (exact) mass is 281 g/mol. The summed E-state index contributed by atoms with van der Waals surface area (Å²) in [6, 6.07) is 7.64. The molecule has 7 nitrogen and oxygen atoms in total. The van der Waals surface area contributed by atoms with Crippen LogP contribution in [0.5, 0.6) is 0 Å². The molecule has 0 bridgehead atoms. The first-order chi connectivity index (χ1) is 9.29. The van der Waals surface area contributed by atoms with E-state index >= 15 is 0 Å². The van der Waals surface area contributed by atoms with Crippen LogP contribution in [0.25, 0.3) is 0 Å². The van der Waals surface area contributed by atoms with Gasteiger partial charge in [0.1, 0.15) is 0 Å². The molecule has 0 spiro atoms. The van der Waals surface area contributed by atoms with Gasteiger partial charge >= 0.3 is 11.9 Å². The molecule has 20 heavy (non-hydrogen) atoms. The molecule has 0 radical (unpaired) electrons. The van der Waals surface area contributed by atoms with Crippen LogP contribution in [0.3, 0.4) is 0 Å². The summed E-state index contributed by atoms with van der Waals surface area (Å²) in [5.41, 5.74) is -1.90. The minimum atomic E-state index is -2.01. The van der Waals surface area contributed by atoms with Gasteiger partial charge < -0.3 is 10.2 Å². The number of nitrogens with zero attached hydrogens (tertiary/aromatic N) is 1. The van der Waals surface area contributed by atoms with Crippen LogP contribution in [-0.4, -0.2) is 43.9 Å². The second-order valence-electron chi connectivity index (χ2n) is 4.46. The van der Waals surface area contributed by atoms with Crippen molar-refractivity contribution in [3.05, 3.63) is 35.9 Å². The Morgan fingerprint density at radius 2 is 1.70 bits per heavy atom. The van der Waals surface area contributed by atoms with Crippen molar-refractivity contribution in [3.63, 3.8) is 0 Å². The first-order valence-electron chi connectivity index (χ1n) is 5.82. The molecule has 0 heterocycles. The van der Waals surface area contributed by atoms with Crippen molar-refractivity contribution >= 4 is 17.8 Å². The van der Waals surface area contributed by atoms with Gasteiger partial charge in [0.2, 0.25) is 0 Å². The van der Waals surface area contributed by atoms with Crippen LogP contribution in [0.1, 0.15) is 30.1 Å². The maximum atomic E-state index is 12.0. The van der Waals surface area contributed by atoms with E-state index in [1.54, 1.807) is 18.2 Å². The molecule has 0 aliphatic carbocycles. The molecule has 7 heteroatoms. The largest absolute Gasteiger partial charge is 0.481 e. The molecule has 0 saturated carbocycles. The Morgan fingerprint density at radius 1 is 1.15 bits per heavy atom. The van der Waals surface area contributed by atoms with Gasteiger partial charge in [0, 0.05) is 12.0 Å². The Hall–Kier alpha value is -2.41. The smallest absolute Gasteiger partial charge is 0.331 e. The molecule has 0 aliphatic heterocycles. The average molecular weight is 281 g/mol. The lowest BCUT2D eigenvalue weighted by molar-refractivity contribution is -0.177. The number of hydroxylamine groups is 2. The van der Waals surface area contributed by atoms with Crippen molar-refractivity contribution in [3.8, 4) is 0 Å². The van der Waals surface area contributed by atoms with E-state index < -0.39 is 36.2 Å². The predicted molar refractivity (Wildman–Crippen MR) is 67.3 cm³/mol. The van der Waals surface area contributed by atoms with Gasteiger partial charge in [0.05, 0.1) is 0 Å². The Bertz CT molecular complexity index is 515. The normalized spacial score (nSPS) is 13.3. The summed E-state index contributed by atoms with van der Waals surface area (Å²) in [6.45, 7) is 1.10. The van der Waals surface area contributed by atoms with E-state index in [4.69, 9.17) is 10.2 Å². The molecular weight excluding hydrogens is 266 g/mol. The lowest BCUT2D eigenvalue weighted by Gasteiger charge is -2.32. The number of hydrogen-bond acceptors (Lipinski definition) is 4. The molecule has 1 aromatic carbocycles. The van der Waals surface area contributed by atoms with Gasteiger partial charge in [-0.3, -0.25) is 14.8 Å². The third-order valence-corrected chi connectivity index (χ3v) is 2.97. The molecule has 0 aliphatic rings. The Kier molecular flexibility index (Phi) is 4.82.